The summed E-state index contributed by atoms with van der Waals surface area (Å²) in [5, 5.41) is 0. The third-order valence-electron chi connectivity index (χ3n) is 6.53. The molecule has 0 spiro atoms. The molecule has 7 heteroatoms. The number of carbonyl (C=O) groups excluding carboxylic acids is 1. The first-order valence-electron chi connectivity index (χ1n) is 10.3. The van der Waals surface area contributed by atoms with E-state index in [0.29, 0.717) is 32.6 Å². The molecule has 5 rings (SSSR count). The number of amides is 1. The van der Waals surface area contributed by atoms with Crippen LogP contribution in [0.1, 0.15) is 53.0 Å². The summed E-state index contributed by atoms with van der Waals surface area (Å²) in [6.45, 7) is 4.88. The standard InChI is InChI=1S/C22H24F2N4O/c1-13-16-3-2-4-18(16)26-20-12-28(11-17(13)20)21(29)7-14-9-27(10-14)15-5-6-25-19(8-15)22(23)24/h5-6,8,14,22H,2-4,7,9-12H2,1H3. The number of alkyl halides is 2. The quantitative estimate of drug-likeness (QED) is 0.790. The number of aromatic nitrogens is 2. The smallest absolute Gasteiger partial charge is 0.280 e. The van der Waals surface area contributed by atoms with Gasteiger partial charge in [0.05, 0.1) is 12.2 Å². The highest BCUT2D eigenvalue weighted by atomic mass is 19.3. The molecular formula is C22H24F2N4O. The molecule has 1 amide bonds. The van der Waals surface area contributed by atoms with Gasteiger partial charge in [-0.1, -0.05) is 0 Å². The molecule has 29 heavy (non-hydrogen) atoms. The molecule has 4 heterocycles. The number of halogens is 2. The Hall–Kier alpha value is -2.57. The van der Waals surface area contributed by atoms with Crippen LogP contribution in [0.5, 0.6) is 0 Å². The molecule has 2 aromatic heterocycles. The van der Waals surface area contributed by atoms with Crippen molar-refractivity contribution in [2.45, 2.75) is 52.1 Å². The summed E-state index contributed by atoms with van der Waals surface area (Å²) >= 11 is 0. The van der Waals surface area contributed by atoms with Crippen LogP contribution < -0.4 is 4.90 Å². The molecule has 0 bridgehead atoms. The highest BCUT2D eigenvalue weighted by molar-refractivity contribution is 5.77. The average molecular weight is 398 g/mol. The minimum atomic E-state index is -2.57. The Kier molecular flexibility index (Phi) is 4.48. The molecule has 2 aliphatic heterocycles. The van der Waals surface area contributed by atoms with E-state index in [1.807, 2.05) is 9.80 Å². The van der Waals surface area contributed by atoms with Gasteiger partial charge in [0.15, 0.2) is 0 Å². The van der Waals surface area contributed by atoms with Crippen LogP contribution in [0.4, 0.5) is 14.5 Å². The Morgan fingerprint density at radius 1 is 1.21 bits per heavy atom. The Labute approximate surface area is 168 Å². The summed E-state index contributed by atoms with van der Waals surface area (Å²) in [6, 6.07) is 3.18. The summed E-state index contributed by atoms with van der Waals surface area (Å²) in [6.07, 6.45) is 2.69. The van der Waals surface area contributed by atoms with Gasteiger partial charge >= 0.3 is 0 Å². The lowest BCUT2D eigenvalue weighted by molar-refractivity contribution is -0.133. The maximum absolute atomic E-state index is 12.8. The van der Waals surface area contributed by atoms with E-state index in [2.05, 4.69) is 11.9 Å². The van der Waals surface area contributed by atoms with Gasteiger partial charge in [0.25, 0.3) is 6.43 Å². The van der Waals surface area contributed by atoms with Crippen molar-refractivity contribution in [2.75, 3.05) is 18.0 Å². The number of aryl methyl sites for hydroxylation is 1. The lowest BCUT2D eigenvalue weighted by atomic mass is 9.95. The van der Waals surface area contributed by atoms with E-state index in [0.717, 1.165) is 24.2 Å². The molecule has 1 aliphatic carbocycles. The van der Waals surface area contributed by atoms with E-state index < -0.39 is 6.43 Å². The van der Waals surface area contributed by atoms with Crippen molar-refractivity contribution in [1.82, 2.24) is 14.9 Å². The highest BCUT2D eigenvalue weighted by Crippen LogP contribution is 2.34. The molecule has 2 aromatic rings. The predicted octanol–water partition coefficient (Wildman–Crippen LogP) is 3.58. The fourth-order valence-electron chi connectivity index (χ4n) is 4.87. The van der Waals surface area contributed by atoms with Gasteiger partial charge < -0.3 is 9.80 Å². The topological polar surface area (TPSA) is 49.3 Å². The first-order chi connectivity index (χ1) is 14.0. The Morgan fingerprint density at radius 3 is 2.83 bits per heavy atom. The molecule has 0 aromatic carbocycles. The summed E-state index contributed by atoms with van der Waals surface area (Å²) in [5.41, 5.74) is 6.82. The second-order valence-corrected chi connectivity index (χ2v) is 8.41. The van der Waals surface area contributed by atoms with Gasteiger partial charge in [-0.05, 0) is 55.0 Å². The van der Waals surface area contributed by atoms with E-state index in [4.69, 9.17) is 4.98 Å². The lowest BCUT2D eigenvalue weighted by Crippen LogP contribution is -2.48. The van der Waals surface area contributed by atoms with Gasteiger partial charge in [-0.15, -0.1) is 0 Å². The molecule has 1 saturated heterocycles. The molecular weight excluding hydrogens is 374 g/mol. The zero-order chi connectivity index (χ0) is 20.1. The molecule has 0 atom stereocenters. The number of hydrogen-bond acceptors (Lipinski definition) is 4. The van der Waals surface area contributed by atoms with Gasteiger partial charge in [0.2, 0.25) is 5.91 Å². The zero-order valence-corrected chi connectivity index (χ0v) is 16.5. The third kappa shape index (κ3) is 3.26. The van der Waals surface area contributed by atoms with Gasteiger partial charge in [0, 0.05) is 49.6 Å². The summed E-state index contributed by atoms with van der Waals surface area (Å²) in [7, 11) is 0. The Balaban J connectivity index is 1.19. The van der Waals surface area contributed by atoms with Crippen molar-refractivity contribution in [3.05, 3.63) is 52.1 Å². The monoisotopic (exact) mass is 398 g/mol. The van der Waals surface area contributed by atoms with Crippen molar-refractivity contribution in [1.29, 1.82) is 0 Å². The van der Waals surface area contributed by atoms with E-state index in [1.165, 1.54) is 41.1 Å². The number of fused-ring (bicyclic) bond motifs is 2. The number of nitrogens with zero attached hydrogens (tertiary/aromatic N) is 4. The molecule has 0 unspecified atom stereocenters. The Bertz CT molecular complexity index is 972. The molecule has 152 valence electrons. The molecule has 5 nitrogen and oxygen atoms in total. The third-order valence-corrected chi connectivity index (χ3v) is 6.53. The van der Waals surface area contributed by atoms with E-state index in [-0.39, 0.29) is 17.5 Å². The fraction of sp³-hybridized carbons (Fsp3) is 0.500. The van der Waals surface area contributed by atoms with Gasteiger partial charge in [-0.2, -0.15) is 0 Å². The van der Waals surface area contributed by atoms with Crippen LogP contribution in [-0.4, -0.2) is 33.9 Å². The molecule has 0 N–H and O–H groups in total. The number of pyridine rings is 2. The molecule has 3 aliphatic rings. The number of hydrogen-bond donors (Lipinski definition) is 0. The van der Waals surface area contributed by atoms with Gasteiger partial charge in [-0.25, -0.2) is 8.78 Å². The highest BCUT2D eigenvalue weighted by Gasteiger charge is 2.34. The summed E-state index contributed by atoms with van der Waals surface area (Å²) < 4.78 is 25.7. The van der Waals surface area contributed by atoms with Gasteiger partial charge in [0.1, 0.15) is 5.69 Å². The van der Waals surface area contributed by atoms with Gasteiger partial charge in [-0.3, -0.25) is 14.8 Å². The first kappa shape index (κ1) is 18.5. The predicted molar refractivity (Wildman–Crippen MR) is 105 cm³/mol. The van der Waals surface area contributed by atoms with Crippen molar-refractivity contribution < 1.29 is 13.6 Å². The SMILES string of the molecule is Cc1c2c(nc3c1CN(C(=O)CC1CN(c4ccnc(C(F)F)c4)C1)C3)CCC2. The summed E-state index contributed by atoms with van der Waals surface area (Å²) in [4.78, 5) is 25.3. The van der Waals surface area contributed by atoms with Crippen LogP contribution in [0.2, 0.25) is 0 Å². The first-order valence-corrected chi connectivity index (χ1v) is 10.3. The second-order valence-electron chi connectivity index (χ2n) is 8.41. The zero-order valence-electron chi connectivity index (χ0n) is 16.5. The van der Waals surface area contributed by atoms with E-state index in [1.54, 1.807) is 6.07 Å². The minimum Gasteiger partial charge on any atom is -0.371 e. The van der Waals surface area contributed by atoms with Crippen LogP contribution in [0, 0.1) is 12.8 Å². The number of rotatable bonds is 4. The minimum absolute atomic E-state index is 0.162. The fourth-order valence-corrected chi connectivity index (χ4v) is 4.87. The van der Waals surface area contributed by atoms with Crippen molar-refractivity contribution in [3.63, 3.8) is 0 Å². The lowest BCUT2D eigenvalue weighted by Gasteiger charge is -2.41. The molecule has 0 saturated carbocycles. The maximum Gasteiger partial charge on any atom is 0.280 e. The van der Waals surface area contributed by atoms with Crippen molar-refractivity contribution in [3.8, 4) is 0 Å². The summed E-state index contributed by atoms with van der Waals surface area (Å²) in [5.74, 6) is 0.420. The number of carbonyl (C=O) groups is 1. The second kappa shape index (κ2) is 7.04. The van der Waals surface area contributed by atoms with Crippen molar-refractivity contribution >= 4 is 11.6 Å². The van der Waals surface area contributed by atoms with Crippen LogP contribution in [-0.2, 0) is 30.7 Å². The van der Waals surface area contributed by atoms with Crippen LogP contribution in [0.25, 0.3) is 0 Å². The molecule has 1 fully saturated rings. The largest absolute Gasteiger partial charge is 0.371 e. The van der Waals surface area contributed by atoms with E-state index in [9.17, 15) is 13.6 Å². The van der Waals surface area contributed by atoms with Crippen LogP contribution >= 0.6 is 0 Å². The van der Waals surface area contributed by atoms with Crippen LogP contribution in [0.15, 0.2) is 18.3 Å². The molecule has 0 radical (unpaired) electrons. The van der Waals surface area contributed by atoms with Crippen molar-refractivity contribution in [2.24, 2.45) is 5.92 Å². The van der Waals surface area contributed by atoms with E-state index >= 15 is 0 Å². The average Bonchev–Trinajstić information content (AvgIpc) is 3.31. The number of anilines is 1. The normalized spacial score (nSPS) is 18.2. The Morgan fingerprint density at radius 2 is 2.03 bits per heavy atom. The van der Waals surface area contributed by atoms with Crippen LogP contribution in [0.3, 0.4) is 0 Å². The maximum atomic E-state index is 12.8.